The first-order chi connectivity index (χ1) is 13.9. The third-order valence-corrected chi connectivity index (χ3v) is 4.93. The van der Waals surface area contributed by atoms with E-state index in [1.165, 1.54) is 0 Å². The van der Waals surface area contributed by atoms with Gasteiger partial charge in [-0.25, -0.2) is 0 Å². The highest BCUT2D eigenvalue weighted by Crippen LogP contribution is 2.26. The lowest BCUT2D eigenvalue weighted by atomic mass is 10.0. The van der Waals surface area contributed by atoms with E-state index in [0.29, 0.717) is 26.4 Å². The highest BCUT2D eigenvalue weighted by molar-refractivity contribution is 5.14. The molecule has 28 heavy (non-hydrogen) atoms. The van der Waals surface area contributed by atoms with Crippen molar-refractivity contribution in [2.75, 3.05) is 26.8 Å². The fourth-order valence-electron chi connectivity index (χ4n) is 3.45. The zero-order valence-electron chi connectivity index (χ0n) is 15.8. The third kappa shape index (κ3) is 5.17. The van der Waals surface area contributed by atoms with Gasteiger partial charge in [0.2, 0.25) is 0 Å². The molecular weight excluding hydrogens is 360 g/mol. The molecule has 4 unspecified atom stereocenters. The summed E-state index contributed by atoms with van der Waals surface area (Å²) in [5, 5.41) is 0. The molecule has 0 bridgehead atoms. The largest absolute Gasteiger partial charge is 0.374 e. The summed E-state index contributed by atoms with van der Waals surface area (Å²) in [6.07, 6.45) is -0.849. The molecule has 2 aromatic rings. The molecular formula is C22H26O6. The molecule has 4 atom stereocenters. The highest BCUT2D eigenvalue weighted by atomic mass is 16.8. The third-order valence-electron chi connectivity index (χ3n) is 4.93. The molecule has 6 nitrogen and oxygen atoms in total. The average molecular weight is 386 g/mol. The quantitative estimate of drug-likeness (QED) is 0.695. The topological polar surface area (TPSA) is 55.4 Å². The number of hydrogen-bond acceptors (Lipinski definition) is 6. The van der Waals surface area contributed by atoms with Crippen LogP contribution in [-0.4, -0.2) is 51.2 Å². The molecule has 2 aliphatic rings. The van der Waals surface area contributed by atoms with Gasteiger partial charge in [-0.1, -0.05) is 60.7 Å². The zero-order valence-corrected chi connectivity index (χ0v) is 15.8. The minimum Gasteiger partial charge on any atom is -0.374 e. The Bertz CT molecular complexity index is 633. The molecule has 4 rings (SSSR count). The van der Waals surface area contributed by atoms with Crippen LogP contribution >= 0.6 is 0 Å². The van der Waals surface area contributed by atoms with Gasteiger partial charge < -0.3 is 28.4 Å². The highest BCUT2D eigenvalue weighted by Gasteiger charge is 2.44. The Morgan fingerprint density at radius 1 is 0.607 bits per heavy atom. The maximum Gasteiger partial charge on any atom is 0.147 e. The molecule has 2 saturated heterocycles. The fourth-order valence-corrected chi connectivity index (χ4v) is 3.45. The van der Waals surface area contributed by atoms with Crippen LogP contribution in [0, 0.1) is 0 Å². The summed E-state index contributed by atoms with van der Waals surface area (Å²) in [7, 11) is 0. The summed E-state index contributed by atoms with van der Waals surface area (Å²) >= 11 is 0. The van der Waals surface area contributed by atoms with E-state index in [9.17, 15) is 0 Å². The summed E-state index contributed by atoms with van der Waals surface area (Å²) in [6.45, 7) is 2.36. The van der Waals surface area contributed by atoms with E-state index >= 15 is 0 Å². The molecule has 0 aliphatic carbocycles. The van der Waals surface area contributed by atoms with Gasteiger partial charge in [-0.3, -0.25) is 0 Å². The molecule has 2 fully saturated rings. The fraction of sp³-hybridized carbons (Fsp3) is 0.455. The Hall–Kier alpha value is -1.80. The SMILES string of the molecule is c1ccc(COCC2OCOC3C(COCc4ccccc4)OCOC23)cc1. The minimum absolute atomic E-state index is 0.192. The van der Waals surface area contributed by atoms with Gasteiger partial charge in [0.15, 0.2) is 0 Å². The van der Waals surface area contributed by atoms with Crippen LogP contribution < -0.4 is 0 Å². The molecule has 0 radical (unpaired) electrons. The summed E-state index contributed by atoms with van der Waals surface area (Å²) < 4.78 is 34.7. The van der Waals surface area contributed by atoms with Gasteiger partial charge in [-0.15, -0.1) is 0 Å². The van der Waals surface area contributed by atoms with E-state index in [1.54, 1.807) is 0 Å². The lowest BCUT2D eigenvalue weighted by Crippen LogP contribution is -2.59. The van der Waals surface area contributed by atoms with Gasteiger partial charge >= 0.3 is 0 Å². The number of fused-ring (bicyclic) bond motifs is 1. The lowest BCUT2D eigenvalue weighted by Gasteiger charge is -2.43. The zero-order chi connectivity index (χ0) is 19.0. The van der Waals surface area contributed by atoms with E-state index in [-0.39, 0.29) is 38.0 Å². The Labute approximate surface area is 165 Å². The molecule has 0 N–H and O–H groups in total. The van der Waals surface area contributed by atoms with Crippen LogP contribution in [0.25, 0.3) is 0 Å². The molecule has 150 valence electrons. The standard InChI is InChI=1S/C22H26O6/c1-3-7-17(8-4-1)11-23-13-19-21-22(28-15-25-19)20(26-16-27-21)14-24-12-18-9-5-2-6-10-18/h1-10,19-22H,11-16H2. The minimum atomic E-state index is -0.233. The van der Waals surface area contributed by atoms with Gasteiger partial charge in [0.25, 0.3) is 0 Å². The maximum atomic E-state index is 5.85. The predicted molar refractivity (Wildman–Crippen MR) is 101 cm³/mol. The van der Waals surface area contributed by atoms with Crippen LogP contribution in [0.1, 0.15) is 11.1 Å². The first-order valence-corrected chi connectivity index (χ1v) is 9.60. The lowest BCUT2D eigenvalue weighted by molar-refractivity contribution is -0.331. The van der Waals surface area contributed by atoms with Crippen molar-refractivity contribution in [2.24, 2.45) is 0 Å². The molecule has 2 aromatic carbocycles. The van der Waals surface area contributed by atoms with Crippen LogP contribution in [0.5, 0.6) is 0 Å². The van der Waals surface area contributed by atoms with Gasteiger partial charge in [-0.2, -0.15) is 0 Å². The first-order valence-electron chi connectivity index (χ1n) is 9.60. The van der Waals surface area contributed by atoms with Crippen molar-refractivity contribution in [1.29, 1.82) is 0 Å². The molecule has 0 spiro atoms. The smallest absolute Gasteiger partial charge is 0.147 e. The monoisotopic (exact) mass is 386 g/mol. The van der Waals surface area contributed by atoms with Crippen molar-refractivity contribution < 1.29 is 28.4 Å². The normalized spacial score (nSPS) is 27.3. The van der Waals surface area contributed by atoms with Crippen molar-refractivity contribution in [3.8, 4) is 0 Å². The number of ether oxygens (including phenoxy) is 6. The van der Waals surface area contributed by atoms with Crippen molar-refractivity contribution in [1.82, 2.24) is 0 Å². The Morgan fingerprint density at radius 2 is 1.04 bits per heavy atom. The summed E-state index contributed by atoms with van der Waals surface area (Å²) in [5.74, 6) is 0. The Morgan fingerprint density at radius 3 is 1.46 bits per heavy atom. The summed E-state index contributed by atoms with van der Waals surface area (Å²) in [5.41, 5.74) is 2.26. The first kappa shape index (κ1) is 19.5. The van der Waals surface area contributed by atoms with Crippen LogP contribution in [0.15, 0.2) is 60.7 Å². The number of benzene rings is 2. The van der Waals surface area contributed by atoms with Crippen molar-refractivity contribution in [3.05, 3.63) is 71.8 Å². The molecule has 6 heteroatoms. The molecule has 0 amide bonds. The van der Waals surface area contributed by atoms with Gasteiger partial charge in [0, 0.05) is 0 Å². The van der Waals surface area contributed by atoms with E-state index in [2.05, 4.69) is 0 Å². The van der Waals surface area contributed by atoms with Crippen molar-refractivity contribution in [2.45, 2.75) is 37.6 Å². The van der Waals surface area contributed by atoms with E-state index in [1.807, 2.05) is 60.7 Å². The van der Waals surface area contributed by atoms with Gasteiger partial charge in [0.05, 0.1) is 26.4 Å². The number of hydrogen-bond donors (Lipinski definition) is 0. The van der Waals surface area contributed by atoms with Gasteiger partial charge in [0.1, 0.15) is 38.0 Å². The Kier molecular flexibility index (Phi) is 7.05. The second kappa shape index (κ2) is 10.1. The van der Waals surface area contributed by atoms with E-state index < -0.39 is 0 Å². The molecule has 2 aliphatic heterocycles. The van der Waals surface area contributed by atoms with Gasteiger partial charge in [-0.05, 0) is 11.1 Å². The van der Waals surface area contributed by atoms with Crippen LogP contribution in [0.3, 0.4) is 0 Å². The second-order valence-electron chi connectivity index (χ2n) is 6.91. The van der Waals surface area contributed by atoms with E-state index in [4.69, 9.17) is 28.4 Å². The molecule has 0 saturated carbocycles. The van der Waals surface area contributed by atoms with Crippen LogP contribution in [0.2, 0.25) is 0 Å². The van der Waals surface area contributed by atoms with Crippen LogP contribution in [0.4, 0.5) is 0 Å². The van der Waals surface area contributed by atoms with Crippen molar-refractivity contribution >= 4 is 0 Å². The predicted octanol–water partition coefficient (Wildman–Crippen LogP) is 2.90. The Balaban J connectivity index is 1.26. The average Bonchev–Trinajstić information content (AvgIpc) is 2.76. The van der Waals surface area contributed by atoms with E-state index in [0.717, 1.165) is 11.1 Å². The summed E-state index contributed by atoms with van der Waals surface area (Å²) in [4.78, 5) is 0. The van der Waals surface area contributed by atoms with Crippen LogP contribution in [-0.2, 0) is 41.6 Å². The maximum absolute atomic E-state index is 5.85. The second-order valence-corrected chi connectivity index (χ2v) is 6.91. The number of rotatable bonds is 8. The van der Waals surface area contributed by atoms with Crippen molar-refractivity contribution in [3.63, 3.8) is 0 Å². The summed E-state index contributed by atoms with van der Waals surface area (Å²) in [6, 6.07) is 20.1. The molecule has 2 heterocycles. The molecule has 0 aromatic heterocycles.